The van der Waals surface area contributed by atoms with E-state index in [1.807, 2.05) is 17.5 Å². The van der Waals surface area contributed by atoms with Crippen LogP contribution in [0.15, 0.2) is 41.8 Å². The van der Waals surface area contributed by atoms with Crippen molar-refractivity contribution in [1.29, 1.82) is 0 Å². The molecule has 1 aromatic heterocycles. The Morgan fingerprint density at radius 1 is 1.22 bits per heavy atom. The van der Waals surface area contributed by atoms with Gasteiger partial charge in [-0.2, -0.15) is 0 Å². The minimum Gasteiger partial charge on any atom is -0.493 e. The quantitative estimate of drug-likeness (QED) is 0.434. The van der Waals surface area contributed by atoms with E-state index in [9.17, 15) is 9.59 Å². The van der Waals surface area contributed by atoms with E-state index in [1.54, 1.807) is 0 Å². The van der Waals surface area contributed by atoms with Gasteiger partial charge in [0.1, 0.15) is 0 Å². The highest BCUT2D eigenvalue weighted by Crippen LogP contribution is 2.36. The number of halogens is 1. The number of aryl methyl sites for hydroxylation is 1. The van der Waals surface area contributed by atoms with Crippen LogP contribution in [0.2, 0.25) is 5.02 Å². The molecule has 2 aromatic carbocycles. The number of nitrogens with two attached hydrogens (primary N) is 1. The maximum absolute atomic E-state index is 12.7. The smallest absolute Gasteiger partial charge is 0.257 e. The van der Waals surface area contributed by atoms with Gasteiger partial charge in [0.2, 0.25) is 0 Å². The maximum Gasteiger partial charge on any atom is 0.257 e. The van der Waals surface area contributed by atoms with Gasteiger partial charge in [0, 0.05) is 16.5 Å². The first-order valence-corrected chi connectivity index (χ1v) is 11.3. The average Bonchev–Trinajstić information content (AvgIpc) is 3.24. The Morgan fingerprint density at radius 2 is 1.97 bits per heavy atom. The zero-order chi connectivity index (χ0) is 23.1. The Morgan fingerprint density at radius 3 is 2.62 bits per heavy atom. The molecule has 0 aliphatic heterocycles. The van der Waals surface area contributed by atoms with Gasteiger partial charge < -0.3 is 15.2 Å². The monoisotopic (exact) mass is 473 g/mol. The number of ether oxygens (including phenoxy) is 2. The van der Waals surface area contributed by atoms with Crippen molar-refractivity contribution in [2.24, 2.45) is 5.73 Å². The highest BCUT2D eigenvalue weighted by molar-refractivity contribution is 7.14. The van der Waals surface area contributed by atoms with Crippen molar-refractivity contribution in [3.8, 4) is 22.8 Å². The minimum absolute atomic E-state index is 0.124. The van der Waals surface area contributed by atoms with Crippen molar-refractivity contribution >= 4 is 39.9 Å². The zero-order valence-corrected chi connectivity index (χ0v) is 19.4. The Balaban J connectivity index is 1.72. The molecule has 0 atom stereocenters. The number of nitrogens with one attached hydrogen (secondary N) is 1. The Bertz CT molecular complexity index is 1100. The van der Waals surface area contributed by atoms with Gasteiger partial charge >= 0.3 is 0 Å². The molecule has 3 rings (SSSR count). The molecule has 168 valence electrons. The van der Waals surface area contributed by atoms with Crippen LogP contribution in [0.25, 0.3) is 11.3 Å². The summed E-state index contributed by atoms with van der Waals surface area (Å²) in [6, 6.07) is 11.2. The van der Waals surface area contributed by atoms with Gasteiger partial charge in [-0.3, -0.25) is 14.9 Å². The van der Waals surface area contributed by atoms with Crippen molar-refractivity contribution in [2.75, 3.05) is 19.0 Å². The number of anilines is 1. The summed E-state index contributed by atoms with van der Waals surface area (Å²) in [5, 5.41) is 5.26. The third-order valence-electron chi connectivity index (χ3n) is 4.64. The summed E-state index contributed by atoms with van der Waals surface area (Å²) in [6.07, 6.45) is 3.39. The molecule has 32 heavy (non-hydrogen) atoms. The summed E-state index contributed by atoms with van der Waals surface area (Å²) in [5.41, 5.74) is 8.44. The number of thiazole rings is 1. The average molecular weight is 474 g/mol. The van der Waals surface area contributed by atoms with Crippen LogP contribution in [0.4, 0.5) is 5.13 Å². The third-order valence-corrected chi connectivity index (χ3v) is 5.68. The molecule has 0 fully saturated rings. The predicted molar refractivity (Wildman–Crippen MR) is 127 cm³/mol. The van der Waals surface area contributed by atoms with Crippen molar-refractivity contribution in [3.05, 3.63) is 57.9 Å². The standard InChI is InChI=1S/C23H24ClN3O4S/c1-3-4-5-14-6-8-15(9-7-14)18-13-32-23(26-18)27-22(29)16-10-17(24)21(19(11-16)30-2)31-12-20(25)28/h6-11,13H,3-5,12H2,1-2H3,(H2,25,28)(H,26,27,29). The van der Waals surface area contributed by atoms with E-state index < -0.39 is 11.8 Å². The van der Waals surface area contributed by atoms with Gasteiger partial charge in [-0.05, 0) is 30.5 Å². The van der Waals surface area contributed by atoms with Gasteiger partial charge in [0.15, 0.2) is 23.2 Å². The van der Waals surface area contributed by atoms with E-state index in [0.717, 1.165) is 24.1 Å². The number of hydrogen-bond acceptors (Lipinski definition) is 6. The van der Waals surface area contributed by atoms with Crippen LogP contribution >= 0.6 is 22.9 Å². The molecule has 3 aromatic rings. The second-order valence-electron chi connectivity index (χ2n) is 7.04. The molecule has 0 bridgehead atoms. The summed E-state index contributed by atoms with van der Waals surface area (Å²) >= 11 is 7.55. The maximum atomic E-state index is 12.7. The number of nitrogens with zero attached hydrogens (tertiary/aromatic N) is 1. The lowest BCUT2D eigenvalue weighted by molar-refractivity contribution is -0.119. The van der Waals surface area contributed by atoms with E-state index in [1.165, 1.54) is 42.6 Å². The molecular weight excluding hydrogens is 450 g/mol. The first-order valence-electron chi connectivity index (χ1n) is 10.1. The molecule has 3 N–H and O–H groups in total. The number of unbranched alkanes of at least 4 members (excludes halogenated alkanes) is 1. The molecule has 0 aliphatic carbocycles. The lowest BCUT2D eigenvalue weighted by Crippen LogP contribution is -2.20. The summed E-state index contributed by atoms with van der Waals surface area (Å²) in [7, 11) is 1.41. The lowest BCUT2D eigenvalue weighted by atomic mass is 10.1. The number of rotatable bonds is 10. The topological polar surface area (TPSA) is 104 Å². The predicted octanol–water partition coefficient (Wildman–Crippen LogP) is 4.93. The first-order chi connectivity index (χ1) is 15.4. The molecule has 0 saturated carbocycles. The van der Waals surface area contributed by atoms with Crippen LogP contribution in [-0.4, -0.2) is 30.5 Å². The first kappa shape index (κ1) is 23.6. The lowest BCUT2D eigenvalue weighted by Gasteiger charge is -2.13. The summed E-state index contributed by atoms with van der Waals surface area (Å²) in [5.74, 6) is -0.696. The normalized spacial score (nSPS) is 10.6. The SMILES string of the molecule is CCCCc1ccc(-c2csc(NC(=O)c3cc(Cl)c(OCC(N)=O)c(OC)c3)n2)cc1. The van der Waals surface area contributed by atoms with Gasteiger partial charge in [-0.15, -0.1) is 11.3 Å². The Hall–Kier alpha value is -3.10. The molecule has 2 amide bonds. The summed E-state index contributed by atoms with van der Waals surface area (Å²) in [6.45, 7) is 1.82. The van der Waals surface area contributed by atoms with Gasteiger partial charge in [0.05, 0.1) is 17.8 Å². The van der Waals surface area contributed by atoms with Gasteiger partial charge in [0.25, 0.3) is 11.8 Å². The van der Waals surface area contributed by atoms with Crippen LogP contribution in [-0.2, 0) is 11.2 Å². The molecule has 1 heterocycles. The fourth-order valence-corrected chi connectivity index (χ4v) is 3.97. The van der Waals surface area contributed by atoms with E-state index in [0.29, 0.717) is 5.13 Å². The number of methoxy groups -OCH3 is 1. The molecule has 0 radical (unpaired) electrons. The molecule has 9 heteroatoms. The van der Waals surface area contributed by atoms with Crippen molar-refractivity contribution in [1.82, 2.24) is 4.98 Å². The van der Waals surface area contributed by atoms with Crippen LogP contribution in [0.3, 0.4) is 0 Å². The van der Waals surface area contributed by atoms with Crippen LogP contribution in [0, 0.1) is 0 Å². The zero-order valence-electron chi connectivity index (χ0n) is 17.8. The van der Waals surface area contributed by atoms with E-state index in [-0.39, 0.29) is 28.7 Å². The number of carbonyl (C=O) groups is 2. The minimum atomic E-state index is -0.653. The molecule has 0 saturated heterocycles. The largest absolute Gasteiger partial charge is 0.493 e. The summed E-state index contributed by atoms with van der Waals surface area (Å²) in [4.78, 5) is 28.2. The number of hydrogen-bond donors (Lipinski definition) is 2. The van der Waals surface area contributed by atoms with E-state index in [4.69, 9.17) is 26.8 Å². The molecular formula is C23H24ClN3O4S. The van der Waals surface area contributed by atoms with Crippen LogP contribution < -0.4 is 20.5 Å². The molecule has 7 nitrogen and oxygen atoms in total. The number of aromatic nitrogens is 1. The molecule has 0 unspecified atom stereocenters. The van der Waals surface area contributed by atoms with E-state index in [2.05, 4.69) is 29.4 Å². The summed E-state index contributed by atoms with van der Waals surface area (Å²) < 4.78 is 10.5. The fraction of sp³-hybridized carbons (Fsp3) is 0.261. The second-order valence-corrected chi connectivity index (χ2v) is 8.30. The highest BCUT2D eigenvalue weighted by atomic mass is 35.5. The third kappa shape index (κ3) is 5.99. The van der Waals surface area contributed by atoms with Crippen molar-refractivity contribution < 1.29 is 19.1 Å². The number of carbonyl (C=O) groups excluding carboxylic acids is 2. The van der Waals surface area contributed by atoms with Crippen molar-refractivity contribution in [2.45, 2.75) is 26.2 Å². The van der Waals surface area contributed by atoms with Gasteiger partial charge in [-0.25, -0.2) is 4.98 Å². The Kier molecular flexibility index (Phi) is 8.08. The highest BCUT2D eigenvalue weighted by Gasteiger charge is 2.18. The van der Waals surface area contributed by atoms with Crippen LogP contribution in [0.1, 0.15) is 35.7 Å². The van der Waals surface area contributed by atoms with Crippen molar-refractivity contribution in [3.63, 3.8) is 0 Å². The number of amides is 2. The number of primary amides is 1. The Labute approximate surface area is 195 Å². The number of benzene rings is 2. The molecule has 0 spiro atoms. The van der Waals surface area contributed by atoms with Crippen LogP contribution in [0.5, 0.6) is 11.5 Å². The van der Waals surface area contributed by atoms with E-state index >= 15 is 0 Å². The second kappa shape index (κ2) is 11.0. The molecule has 0 aliphatic rings. The van der Waals surface area contributed by atoms with Gasteiger partial charge in [-0.1, -0.05) is 49.2 Å². The fourth-order valence-electron chi connectivity index (χ4n) is 2.99.